The minimum absolute atomic E-state index is 0. The van der Waals surface area contributed by atoms with Crippen molar-refractivity contribution in [2.45, 2.75) is 0 Å². The van der Waals surface area contributed by atoms with Gasteiger partial charge in [-0.1, -0.05) is 24.3 Å². The second-order valence-electron chi connectivity index (χ2n) is 3.42. The fourth-order valence-corrected chi connectivity index (χ4v) is 1.34. The van der Waals surface area contributed by atoms with Gasteiger partial charge in [0, 0.05) is 31.0 Å². The van der Waals surface area contributed by atoms with Crippen LogP contribution in [0.5, 0.6) is 0 Å². The molecule has 3 rings (SSSR count). The van der Waals surface area contributed by atoms with Crippen LogP contribution in [-0.2, 0) is 7.05 Å². The van der Waals surface area contributed by atoms with Gasteiger partial charge < -0.3 is 4.57 Å². The largest absolute Gasteiger partial charge is 0.341 e. The van der Waals surface area contributed by atoms with Gasteiger partial charge in [-0.3, -0.25) is 23.8 Å². The summed E-state index contributed by atoms with van der Waals surface area (Å²) in [5, 5.41) is 1.20. The summed E-state index contributed by atoms with van der Waals surface area (Å²) in [5.41, 5.74) is 1.06. The molecule has 0 aliphatic carbocycles. The Hall–Kier alpha value is -1.91. The van der Waals surface area contributed by atoms with Crippen LogP contribution in [0.25, 0.3) is 10.9 Å². The number of rotatable bonds is 0. The molecule has 3 nitrogen and oxygen atoms in total. The zero-order valence-corrected chi connectivity index (χ0v) is 10.7. The van der Waals surface area contributed by atoms with Crippen LogP contribution in [0.15, 0.2) is 61.3 Å². The van der Waals surface area contributed by atoms with Gasteiger partial charge >= 0.3 is 0 Å². The van der Waals surface area contributed by atoms with Crippen molar-refractivity contribution in [3.05, 3.63) is 61.3 Å². The molecule has 1 aromatic carbocycles. The summed E-state index contributed by atoms with van der Waals surface area (Å²) in [4.78, 5) is 7.97. The van der Waals surface area contributed by atoms with Crippen molar-refractivity contribution in [2.24, 2.45) is 7.05 Å². The van der Waals surface area contributed by atoms with Crippen molar-refractivity contribution in [3.63, 3.8) is 0 Å². The van der Waals surface area contributed by atoms with E-state index in [0.717, 1.165) is 5.52 Å². The van der Waals surface area contributed by atoms with Gasteiger partial charge in [0.1, 0.15) is 0 Å². The number of fused-ring (bicyclic) bond motifs is 1. The number of pyridine rings is 1. The van der Waals surface area contributed by atoms with E-state index in [2.05, 4.69) is 22.1 Å². The molecule has 0 atom stereocenters. The minimum Gasteiger partial charge on any atom is -0.341 e. The molecule has 0 amide bonds. The average Bonchev–Trinajstić information content (AvgIpc) is 2.81. The van der Waals surface area contributed by atoms with E-state index in [1.807, 2.05) is 48.3 Å². The molecule has 3 aromatic rings. The predicted molar refractivity (Wildman–Crippen MR) is 84.9 cm³/mol. The van der Waals surface area contributed by atoms with Gasteiger partial charge in [0.05, 0.1) is 11.8 Å². The summed E-state index contributed by atoms with van der Waals surface area (Å²) in [7, 11) is 1.94. The molecule has 0 aliphatic heterocycles. The number of aromatic nitrogens is 3. The molecule has 8 heteroatoms. The molecular weight excluding hydrogens is 301 g/mol. The summed E-state index contributed by atoms with van der Waals surface area (Å²) in [6.45, 7) is 0. The third kappa shape index (κ3) is 8.79. The van der Waals surface area contributed by atoms with Crippen LogP contribution in [0, 0.1) is 0 Å². The first-order chi connectivity index (χ1) is 7.86. The van der Waals surface area contributed by atoms with E-state index in [1.165, 1.54) is 5.39 Å². The monoisotopic (exact) mass is 321 g/mol. The molecule has 2 heterocycles. The summed E-state index contributed by atoms with van der Waals surface area (Å²) < 4.78 is 1.89. The van der Waals surface area contributed by atoms with Gasteiger partial charge in [0.2, 0.25) is 0 Å². The van der Waals surface area contributed by atoms with Gasteiger partial charge in [-0.25, -0.2) is 4.98 Å². The van der Waals surface area contributed by atoms with E-state index < -0.39 is 0 Å². The third-order valence-electron chi connectivity index (χ3n) is 2.15. The Morgan fingerprint density at radius 1 is 0.857 bits per heavy atom. The third-order valence-corrected chi connectivity index (χ3v) is 2.15. The van der Waals surface area contributed by atoms with Crippen LogP contribution in [0.1, 0.15) is 0 Å². The quantitative estimate of drug-likeness (QED) is 0.469. The molecule has 2 aromatic heterocycles. The zero-order chi connectivity index (χ0) is 11.2. The van der Waals surface area contributed by atoms with Crippen molar-refractivity contribution in [2.75, 3.05) is 0 Å². The van der Waals surface area contributed by atoms with Crippen molar-refractivity contribution >= 4 is 28.3 Å². The lowest BCUT2D eigenvalue weighted by Gasteiger charge is -1.91. The highest BCUT2D eigenvalue weighted by atomic mass is 27.0. The zero-order valence-electron chi connectivity index (χ0n) is 10.7. The second-order valence-corrected chi connectivity index (χ2v) is 3.42. The molecule has 0 radical (unpaired) electrons. The van der Waals surface area contributed by atoms with Crippen molar-refractivity contribution in [1.82, 2.24) is 14.5 Å². The normalized spacial score (nSPS) is 7.29. The molecule has 0 saturated carbocycles. The Morgan fingerprint density at radius 2 is 1.48 bits per heavy atom. The Kier molecular flexibility index (Phi) is 18.9. The Balaban J connectivity index is -0.000000119. The van der Waals surface area contributed by atoms with Crippen LogP contribution in [-0.4, -0.2) is 31.9 Å². The van der Waals surface area contributed by atoms with Crippen molar-refractivity contribution in [3.8, 4) is 0 Å². The van der Waals surface area contributed by atoms with Crippen molar-refractivity contribution < 1.29 is 18.8 Å². The molecule has 0 bridgehead atoms. The van der Waals surface area contributed by atoms with E-state index in [9.17, 15) is 0 Å². The highest BCUT2D eigenvalue weighted by molar-refractivity contribution is 5.77. The summed E-state index contributed by atoms with van der Waals surface area (Å²) >= 11 is 0. The van der Waals surface area contributed by atoms with Crippen LogP contribution < -0.4 is 0 Å². The van der Waals surface area contributed by atoms with Crippen LogP contribution >= 0.6 is 0 Å². The van der Waals surface area contributed by atoms with E-state index in [4.69, 9.17) is 0 Å². The van der Waals surface area contributed by atoms with Crippen LogP contribution in [0.2, 0.25) is 0 Å². The number of hydrogen-bond donors (Lipinski definition) is 0. The second kappa shape index (κ2) is 14.5. The first-order valence-corrected chi connectivity index (χ1v) is 5.08. The van der Waals surface area contributed by atoms with Crippen LogP contribution in [0.4, 0.5) is 18.8 Å². The van der Waals surface area contributed by atoms with Gasteiger partial charge in [-0.2, -0.15) is 0 Å². The maximum Gasteiger partial charge on any atom is 0.187 e. The molecule has 118 valence electrons. The molecule has 21 heavy (non-hydrogen) atoms. The highest BCUT2D eigenvalue weighted by Gasteiger charge is 1.86. The average molecular weight is 321 g/mol. The molecular formula is C13H20AlF4N3. The van der Waals surface area contributed by atoms with Gasteiger partial charge in [0.15, 0.2) is 17.4 Å². The number of halogens is 4. The minimum atomic E-state index is 0. The van der Waals surface area contributed by atoms with Crippen molar-refractivity contribution in [1.29, 1.82) is 0 Å². The molecule has 0 N–H and O–H groups in total. The van der Waals surface area contributed by atoms with E-state index in [-0.39, 0.29) is 36.2 Å². The van der Waals surface area contributed by atoms with E-state index >= 15 is 0 Å². The molecule has 0 spiro atoms. The standard InChI is InChI=1S/C9H7N.C4H6N2.Al.4FH.3H/c1-2-6-9-8(4-1)5-3-7-10-9;1-6-3-2-5-4-6;;;;;;;;/h1-7H;2-4H,1H3;;4*1H;;;. The summed E-state index contributed by atoms with van der Waals surface area (Å²) in [6, 6.07) is 12.1. The van der Waals surface area contributed by atoms with Gasteiger partial charge in [0.25, 0.3) is 0 Å². The van der Waals surface area contributed by atoms with E-state index in [1.54, 1.807) is 12.5 Å². The Labute approximate surface area is 130 Å². The maximum atomic E-state index is 4.18. The lowest BCUT2D eigenvalue weighted by atomic mass is 10.2. The predicted octanol–water partition coefficient (Wildman–Crippen LogP) is 2.08. The number of imidazole rings is 1. The summed E-state index contributed by atoms with van der Waals surface area (Å²) in [6.07, 6.45) is 7.20. The highest BCUT2D eigenvalue weighted by Crippen LogP contribution is 2.07. The fourth-order valence-electron chi connectivity index (χ4n) is 1.34. The Bertz CT molecular complexity index is 499. The number of benzene rings is 1. The molecule has 0 aliphatic rings. The molecule has 0 saturated heterocycles. The molecule has 0 unspecified atom stereocenters. The van der Waals surface area contributed by atoms with Gasteiger partial charge in [-0.15, -0.1) is 0 Å². The summed E-state index contributed by atoms with van der Waals surface area (Å²) in [5.74, 6) is 0. The smallest absolute Gasteiger partial charge is 0.187 e. The SMILES string of the molecule is Cn1ccnc1.F.F.F.F.[AlH3].c1ccc2ncccc2c1. The maximum absolute atomic E-state index is 4.18. The number of aryl methyl sites for hydroxylation is 1. The first kappa shape index (κ1) is 27.4. The number of hydrogen-bond acceptors (Lipinski definition) is 2. The topological polar surface area (TPSA) is 30.7 Å². The number of nitrogens with zero attached hydrogens (tertiary/aromatic N) is 3. The Morgan fingerprint density at radius 3 is 1.95 bits per heavy atom. The lowest BCUT2D eigenvalue weighted by Crippen LogP contribution is -1.76. The first-order valence-electron chi connectivity index (χ1n) is 5.08. The fraction of sp³-hybridized carbons (Fsp3) is 0.0769. The van der Waals surface area contributed by atoms with Gasteiger partial charge in [-0.05, 0) is 12.1 Å². The van der Waals surface area contributed by atoms with E-state index in [0.29, 0.717) is 0 Å². The molecule has 0 fully saturated rings. The van der Waals surface area contributed by atoms with Crippen LogP contribution in [0.3, 0.4) is 0 Å². The number of para-hydroxylation sites is 1. The lowest BCUT2D eigenvalue weighted by molar-refractivity contribution is 0.913.